The third-order valence-corrected chi connectivity index (χ3v) is 4.82. The van der Waals surface area contributed by atoms with Crippen molar-refractivity contribution in [2.75, 3.05) is 12.3 Å². The Kier molecular flexibility index (Phi) is 11.5. The standard InChI is InChI=1S/C12H14F2N4O.C8H14F3N.C2H6/c1-7(2)18-4-3-9(17-18)8-5-10(19-12(13)14)11(15)16-6-8;1-6-2-3-7(4-6)12-5-8(9,10)11;1-2/h3-7,12H,1-2H3,(H2,15,16);6-7,12H,2-5H2,1H3;1-2H3. The van der Waals surface area contributed by atoms with E-state index < -0.39 is 19.3 Å². The molecule has 0 aromatic carbocycles. The molecule has 1 saturated carbocycles. The first-order valence-corrected chi connectivity index (χ1v) is 11.0. The summed E-state index contributed by atoms with van der Waals surface area (Å²) in [6.07, 6.45) is 2.04. The largest absolute Gasteiger partial charge is 0.431 e. The molecule has 188 valence electrons. The molecule has 2 heterocycles. The number of anilines is 1. The smallest absolute Gasteiger partial charge is 0.401 e. The van der Waals surface area contributed by atoms with Crippen LogP contribution in [0.4, 0.5) is 27.8 Å². The average molecular weight is 480 g/mol. The maximum Gasteiger partial charge on any atom is 0.401 e. The maximum atomic E-state index is 12.2. The van der Waals surface area contributed by atoms with Gasteiger partial charge in [0.15, 0.2) is 11.6 Å². The molecule has 33 heavy (non-hydrogen) atoms. The van der Waals surface area contributed by atoms with Gasteiger partial charge in [0.05, 0.1) is 12.2 Å². The summed E-state index contributed by atoms with van der Waals surface area (Å²) < 4.78 is 65.7. The van der Waals surface area contributed by atoms with Crippen LogP contribution in [0.25, 0.3) is 11.3 Å². The molecular formula is C22H34F5N5O. The lowest BCUT2D eigenvalue weighted by atomic mass is 10.1. The summed E-state index contributed by atoms with van der Waals surface area (Å²) in [5.41, 5.74) is 6.67. The Labute approximate surface area is 191 Å². The minimum absolute atomic E-state index is 0.0765. The number of alkyl halides is 5. The molecule has 0 saturated heterocycles. The van der Waals surface area contributed by atoms with Crippen molar-refractivity contribution in [3.8, 4) is 17.0 Å². The Bertz CT molecular complexity index is 826. The van der Waals surface area contributed by atoms with Gasteiger partial charge < -0.3 is 15.8 Å². The first-order chi connectivity index (χ1) is 15.4. The van der Waals surface area contributed by atoms with Crippen molar-refractivity contribution < 1.29 is 26.7 Å². The molecule has 6 nitrogen and oxygen atoms in total. The second kappa shape index (κ2) is 13.3. The number of hydrogen-bond donors (Lipinski definition) is 2. The van der Waals surface area contributed by atoms with Crippen molar-refractivity contribution in [2.45, 2.75) is 78.8 Å². The SMILES string of the molecule is CC.CC(C)n1ccc(-c2cnc(N)c(OC(F)F)c2)n1.CC1CCC(NCC(F)(F)F)C1. The Morgan fingerprint density at radius 2 is 1.91 bits per heavy atom. The molecule has 11 heteroatoms. The van der Waals surface area contributed by atoms with Gasteiger partial charge in [0.1, 0.15) is 0 Å². The fourth-order valence-electron chi connectivity index (χ4n) is 3.22. The van der Waals surface area contributed by atoms with Crippen LogP contribution in [0.3, 0.4) is 0 Å². The van der Waals surface area contributed by atoms with Gasteiger partial charge in [0.25, 0.3) is 0 Å². The summed E-state index contributed by atoms with van der Waals surface area (Å²) in [5.74, 6) is 0.356. The van der Waals surface area contributed by atoms with E-state index in [0.29, 0.717) is 17.2 Å². The predicted molar refractivity (Wildman–Crippen MR) is 119 cm³/mol. The minimum atomic E-state index is -4.06. The van der Waals surface area contributed by atoms with Gasteiger partial charge in [-0.15, -0.1) is 0 Å². The van der Waals surface area contributed by atoms with Crippen LogP contribution in [0.5, 0.6) is 5.75 Å². The van der Waals surface area contributed by atoms with Crippen LogP contribution in [0.1, 0.15) is 59.9 Å². The highest BCUT2D eigenvalue weighted by atomic mass is 19.4. The van der Waals surface area contributed by atoms with E-state index in [1.807, 2.05) is 33.9 Å². The molecular weight excluding hydrogens is 445 g/mol. The van der Waals surface area contributed by atoms with Gasteiger partial charge in [-0.2, -0.15) is 27.1 Å². The summed E-state index contributed by atoms with van der Waals surface area (Å²) in [5, 5.41) is 6.85. The van der Waals surface area contributed by atoms with Crippen LogP contribution in [-0.2, 0) is 0 Å². The third-order valence-electron chi connectivity index (χ3n) is 4.82. The van der Waals surface area contributed by atoms with E-state index in [1.54, 1.807) is 10.7 Å². The second-order valence-electron chi connectivity index (χ2n) is 7.87. The number of ether oxygens (including phenoxy) is 1. The molecule has 0 amide bonds. The van der Waals surface area contributed by atoms with E-state index in [2.05, 4.69) is 27.1 Å². The van der Waals surface area contributed by atoms with Crippen LogP contribution >= 0.6 is 0 Å². The number of halogens is 5. The molecule has 2 aromatic rings. The van der Waals surface area contributed by atoms with E-state index in [9.17, 15) is 22.0 Å². The number of hydrogen-bond acceptors (Lipinski definition) is 5. The highest BCUT2D eigenvalue weighted by Crippen LogP contribution is 2.28. The predicted octanol–water partition coefficient (Wildman–Crippen LogP) is 6.06. The van der Waals surface area contributed by atoms with Crippen molar-refractivity contribution in [3.63, 3.8) is 0 Å². The zero-order valence-electron chi connectivity index (χ0n) is 19.7. The number of nitrogens with two attached hydrogens (primary N) is 1. The van der Waals surface area contributed by atoms with E-state index in [-0.39, 0.29) is 23.7 Å². The molecule has 2 aromatic heterocycles. The molecule has 3 rings (SSSR count). The summed E-state index contributed by atoms with van der Waals surface area (Å²) >= 11 is 0. The first kappa shape index (κ1) is 28.6. The van der Waals surface area contributed by atoms with Crippen LogP contribution in [0.2, 0.25) is 0 Å². The van der Waals surface area contributed by atoms with E-state index in [4.69, 9.17) is 5.73 Å². The number of rotatable bonds is 6. The van der Waals surface area contributed by atoms with Crippen molar-refractivity contribution in [2.24, 2.45) is 5.92 Å². The van der Waals surface area contributed by atoms with Crippen LogP contribution in [0, 0.1) is 5.92 Å². The zero-order chi connectivity index (χ0) is 25.2. The quantitative estimate of drug-likeness (QED) is 0.492. The van der Waals surface area contributed by atoms with E-state index >= 15 is 0 Å². The Morgan fingerprint density at radius 1 is 1.24 bits per heavy atom. The summed E-state index contributed by atoms with van der Waals surface area (Å²) in [4.78, 5) is 3.83. The molecule has 2 atom stereocenters. The van der Waals surface area contributed by atoms with Gasteiger partial charge in [0.2, 0.25) is 0 Å². The van der Waals surface area contributed by atoms with Gasteiger partial charge in [-0.1, -0.05) is 20.8 Å². The Balaban J connectivity index is 0.000000335. The number of nitrogens with one attached hydrogen (secondary N) is 1. The van der Waals surface area contributed by atoms with Gasteiger partial charge in [0, 0.05) is 30.0 Å². The van der Waals surface area contributed by atoms with Crippen molar-refractivity contribution >= 4 is 5.82 Å². The first-order valence-electron chi connectivity index (χ1n) is 11.0. The molecule has 1 aliphatic carbocycles. The summed E-state index contributed by atoms with van der Waals surface area (Å²) in [7, 11) is 0. The maximum absolute atomic E-state index is 12.2. The fraction of sp³-hybridized carbons (Fsp3) is 0.636. The molecule has 3 N–H and O–H groups in total. The molecule has 1 aliphatic rings. The second-order valence-corrected chi connectivity index (χ2v) is 7.87. The molecule has 0 radical (unpaired) electrons. The monoisotopic (exact) mass is 479 g/mol. The van der Waals surface area contributed by atoms with Gasteiger partial charge >= 0.3 is 12.8 Å². The van der Waals surface area contributed by atoms with Crippen LogP contribution in [0.15, 0.2) is 24.5 Å². The van der Waals surface area contributed by atoms with Crippen molar-refractivity contribution in [1.82, 2.24) is 20.1 Å². The summed E-state index contributed by atoms with van der Waals surface area (Å²) in [6, 6.07) is 3.48. The Morgan fingerprint density at radius 3 is 2.39 bits per heavy atom. The molecule has 0 bridgehead atoms. The lowest BCUT2D eigenvalue weighted by Crippen LogP contribution is -2.35. The topological polar surface area (TPSA) is 78.0 Å². The molecule has 0 spiro atoms. The summed E-state index contributed by atoms with van der Waals surface area (Å²) in [6.45, 7) is 6.28. The lowest BCUT2D eigenvalue weighted by molar-refractivity contribution is -0.126. The highest BCUT2D eigenvalue weighted by molar-refractivity contribution is 5.63. The van der Waals surface area contributed by atoms with Gasteiger partial charge in [-0.3, -0.25) is 4.68 Å². The molecule has 0 aliphatic heterocycles. The minimum Gasteiger partial charge on any atom is -0.431 e. The Hall–Kier alpha value is -2.43. The zero-order valence-corrected chi connectivity index (χ0v) is 19.7. The number of nitrogens with zero attached hydrogens (tertiary/aromatic N) is 3. The van der Waals surface area contributed by atoms with Crippen molar-refractivity contribution in [3.05, 3.63) is 24.5 Å². The number of aromatic nitrogens is 3. The van der Waals surface area contributed by atoms with E-state index in [1.165, 1.54) is 12.3 Å². The van der Waals surface area contributed by atoms with E-state index in [0.717, 1.165) is 19.3 Å². The number of nitrogen functional groups attached to an aromatic ring is 1. The van der Waals surface area contributed by atoms with Gasteiger partial charge in [-0.25, -0.2) is 4.98 Å². The lowest BCUT2D eigenvalue weighted by Gasteiger charge is -2.13. The van der Waals surface area contributed by atoms with Crippen LogP contribution in [-0.4, -0.2) is 40.1 Å². The van der Waals surface area contributed by atoms with Crippen molar-refractivity contribution in [1.29, 1.82) is 0 Å². The highest BCUT2D eigenvalue weighted by Gasteiger charge is 2.30. The molecule has 2 unspecified atom stereocenters. The normalized spacial score (nSPS) is 17.9. The van der Waals surface area contributed by atoms with Gasteiger partial charge in [-0.05, 0) is 51.2 Å². The molecule has 1 fully saturated rings. The number of pyridine rings is 1. The van der Waals surface area contributed by atoms with Crippen LogP contribution < -0.4 is 15.8 Å². The fourth-order valence-corrected chi connectivity index (χ4v) is 3.22. The average Bonchev–Trinajstić information content (AvgIpc) is 3.39. The third kappa shape index (κ3) is 10.4.